The average Bonchev–Trinajstić information content (AvgIpc) is 2.86. The zero-order chi connectivity index (χ0) is 26.3. The Morgan fingerprint density at radius 2 is 1.69 bits per heavy atom. The molecule has 1 amide bonds. The summed E-state index contributed by atoms with van der Waals surface area (Å²) in [4.78, 5) is 34.7. The Hall–Kier alpha value is -3.43. The Bertz CT molecular complexity index is 1060. The lowest BCUT2D eigenvalue weighted by Crippen LogP contribution is -2.33. The fourth-order valence-corrected chi connectivity index (χ4v) is 4.73. The van der Waals surface area contributed by atoms with Crippen LogP contribution in [0, 0.1) is 11.7 Å². The predicted octanol–water partition coefficient (Wildman–Crippen LogP) is 5.63. The van der Waals surface area contributed by atoms with E-state index < -0.39 is 17.6 Å². The topological polar surface area (TPSA) is 86.7 Å². The van der Waals surface area contributed by atoms with Crippen molar-refractivity contribution >= 4 is 29.5 Å². The Kier molecular flexibility index (Phi) is 9.06. The van der Waals surface area contributed by atoms with Crippen LogP contribution >= 0.6 is 0 Å². The number of hydrogen-bond acceptors (Lipinski definition) is 4. The lowest BCUT2D eigenvalue weighted by molar-refractivity contribution is -0.137. The van der Waals surface area contributed by atoms with Crippen LogP contribution in [0.3, 0.4) is 0 Å². The van der Waals surface area contributed by atoms with Gasteiger partial charge in [-0.15, -0.1) is 0 Å². The number of amides is 1. The molecule has 1 aliphatic heterocycles. The molecule has 2 aliphatic rings. The van der Waals surface area contributed by atoms with Crippen molar-refractivity contribution in [1.29, 1.82) is 0 Å². The molecule has 2 atom stereocenters. The van der Waals surface area contributed by atoms with Crippen LogP contribution in [0.25, 0.3) is 0 Å². The minimum Gasteiger partial charge on any atom is -0.483 e. The van der Waals surface area contributed by atoms with Gasteiger partial charge in [-0.1, -0.05) is 18.6 Å². The second kappa shape index (κ2) is 12.0. The normalized spacial score (nSPS) is 20.2. The third-order valence-corrected chi connectivity index (χ3v) is 6.65. The SMILES string of the molecule is O=C1CCN(c2ccc(C3CCCC(C(=O)Nc4ccc(C(F)(F)F)cc4F)C3)cc2)CC1.O=CO. The molecular formula is C26H28F4N2O4. The molecule has 10 heteroatoms. The van der Waals surface area contributed by atoms with Crippen LogP contribution in [-0.2, 0) is 20.6 Å². The molecule has 2 aromatic carbocycles. The summed E-state index contributed by atoms with van der Waals surface area (Å²) in [6.45, 7) is 1.20. The summed E-state index contributed by atoms with van der Waals surface area (Å²) in [5, 5.41) is 9.36. The number of nitrogens with one attached hydrogen (secondary N) is 1. The molecule has 2 aromatic rings. The second-order valence-electron chi connectivity index (χ2n) is 8.96. The maximum atomic E-state index is 14.1. The first-order chi connectivity index (χ1) is 17.1. The van der Waals surface area contributed by atoms with Gasteiger partial charge in [0.25, 0.3) is 6.47 Å². The highest BCUT2D eigenvalue weighted by atomic mass is 19.4. The van der Waals surface area contributed by atoms with Crippen LogP contribution in [-0.4, -0.2) is 36.4 Å². The smallest absolute Gasteiger partial charge is 0.416 e. The number of piperidine rings is 1. The Balaban J connectivity index is 0.00000115. The third kappa shape index (κ3) is 7.05. The standard InChI is InChI=1S/C25H26F4N2O2.CH2O2/c26-22-15-19(25(27,28)29)6-9-23(22)30-24(33)18-3-1-2-17(14-18)16-4-7-20(8-5-16)31-12-10-21(32)11-13-31;2-1-3/h4-9,15,17-18H,1-3,10-14H2,(H,30,33);1H,(H,2,3). The summed E-state index contributed by atoms with van der Waals surface area (Å²) in [5.41, 5.74) is 0.883. The molecule has 2 fully saturated rings. The number of Topliss-reactive ketones (excluding diaryl/α,β-unsaturated/α-hetero) is 1. The first-order valence-electron chi connectivity index (χ1n) is 11.7. The quantitative estimate of drug-likeness (QED) is 0.413. The van der Waals surface area contributed by atoms with Gasteiger partial charge in [0, 0.05) is 37.5 Å². The molecule has 0 radical (unpaired) electrons. The molecule has 1 heterocycles. The fraction of sp³-hybridized carbons (Fsp3) is 0.423. The highest BCUT2D eigenvalue weighted by Crippen LogP contribution is 2.38. The van der Waals surface area contributed by atoms with Gasteiger partial charge in [-0.3, -0.25) is 14.4 Å². The van der Waals surface area contributed by atoms with E-state index in [0.717, 1.165) is 49.3 Å². The van der Waals surface area contributed by atoms with E-state index in [2.05, 4.69) is 22.3 Å². The number of benzene rings is 2. The maximum absolute atomic E-state index is 14.1. The van der Waals surface area contributed by atoms with E-state index in [1.54, 1.807) is 0 Å². The molecule has 1 saturated carbocycles. The average molecular weight is 509 g/mol. The molecule has 0 bridgehead atoms. The number of rotatable bonds is 4. The van der Waals surface area contributed by atoms with E-state index >= 15 is 0 Å². The van der Waals surface area contributed by atoms with Gasteiger partial charge in [-0.05, 0) is 61.1 Å². The molecule has 2 unspecified atom stereocenters. The second-order valence-corrected chi connectivity index (χ2v) is 8.96. The molecule has 6 nitrogen and oxygen atoms in total. The zero-order valence-electron chi connectivity index (χ0n) is 19.6. The minimum atomic E-state index is -4.64. The molecule has 1 saturated heterocycles. The number of carbonyl (C=O) groups is 3. The molecule has 0 aromatic heterocycles. The van der Waals surface area contributed by atoms with Crippen LogP contribution < -0.4 is 10.2 Å². The maximum Gasteiger partial charge on any atom is 0.416 e. The molecule has 194 valence electrons. The van der Waals surface area contributed by atoms with Crippen molar-refractivity contribution < 1.29 is 37.1 Å². The lowest BCUT2D eigenvalue weighted by Gasteiger charge is -2.30. The monoisotopic (exact) mass is 508 g/mol. The number of carbonyl (C=O) groups excluding carboxylic acids is 2. The van der Waals surface area contributed by atoms with E-state index in [0.29, 0.717) is 37.5 Å². The van der Waals surface area contributed by atoms with Crippen molar-refractivity contribution in [3.05, 3.63) is 59.4 Å². The van der Waals surface area contributed by atoms with Gasteiger partial charge in [0.15, 0.2) is 0 Å². The van der Waals surface area contributed by atoms with Gasteiger partial charge in [0.1, 0.15) is 11.6 Å². The van der Waals surface area contributed by atoms with Crippen LogP contribution in [0.15, 0.2) is 42.5 Å². The number of halogens is 4. The van der Waals surface area contributed by atoms with Gasteiger partial charge in [-0.25, -0.2) is 4.39 Å². The Morgan fingerprint density at radius 3 is 2.28 bits per heavy atom. The zero-order valence-corrected chi connectivity index (χ0v) is 19.6. The van der Waals surface area contributed by atoms with Crippen molar-refractivity contribution in [2.24, 2.45) is 5.92 Å². The summed E-state index contributed by atoms with van der Waals surface area (Å²) in [6.07, 6.45) is -0.456. The van der Waals surface area contributed by atoms with E-state index in [9.17, 15) is 27.2 Å². The number of nitrogens with zero attached hydrogens (tertiary/aromatic N) is 1. The fourth-order valence-electron chi connectivity index (χ4n) is 4.73. The molecule has 0 spiro atoms. The van der Waals surface area contributed by atoms with Gasteiger partial charge >= 0.3 is 6.18 Å². The summed E-state index contributed by atoms with van der Waals surface area (Å²) in [6, 6.07) is 10.3. The van der Waals surface area contributed by atoms with Gasteiger partial charge in [-0.2, -0.15) is 13.2 Å². The largest absolute Gasteiger partial charge is 0.483 e. The number of anilines is 2. The number of hydrogen-bond donors (Lipinski definition) is 2. The van der Waals surface area contributed by atoms with Crippen LogP contribution in [0.1, 0.15) is 55.6 Å². The highest BCUT2D eigenvalue weighted by molar-refractivity contribution is 5.92. The number of alkyl halides is 3. The van der Waals surface area contributed by atoms with E-state index in [-0.39, 0.29) is 29.9 Å². The van der Waals surface area contributed by atoms with E-state index in [1.165, 1.54) is 0 Å². The first-order valence-corrected chi connectivity index (χ1v) is 11.7. The summed E-state index contributed by atoms with van der Waals surface area (Å²) >= 11 is 0. The van der Waals surface area contributed by atoms with Gasteiger partial charge in [0.2, 0.25) is 5.91 Å². The number of carboxylic acid groups (broad SMARTS) is 1. The lowest BCUT2D eigenvalue weighted by atomic mass is 9.77. The van der Waals surface area contributed by atoms with Crippen molar-refractivity contribution in [3.8, 4) is 0 Å². The molecular weight excluding hydrogens is 480 g/mol. The third-order valence-electron chi connectivity index (χ3n) is 6.65. The minimum absolute atomic E-state index is 0.184. The number of ketones is 1. The summed E-state index contributed by atoms with van der Waals surface area (Å²) in [5.74, 6) is -1.32. The Labute approximate surface area is 206 Å². The van der Waals surface area contributed by atoms with Crippen LogP contribution in [0.5, 0.6) is 0 Å². The van der Waals surface area contributed by atoms with Crippen molar-refractivity contribution in [2.75, 3.05) is 23.3 Å². The Morgan fingerprint density at radius 1 is 1.06 bits per heavy atom. The van der Waals surface area contributed by atoms with Crippen molar-refractivity contribution in [1.82, 2.24) is 0 Å². The molecule has 4 rings (SSSR count). The van der Waals surface area contributed by atoms with Gasteiger partial charge in [0.05, 0.1) is 11.3 Å². The predicted molar refractivity (Wildman–Crippen MR) is 126 cm³/mol. The van der Waals surface area contributed by atoms with Gasteiger partial charge < -0.3 is 15.3 Å². The van der Waals surface area contributed by atoms with Crippen molar-refractivity contribution in [2.45, 2.75) is 50.6 Å². The van der Waals surface area contributed by atoms with Crippen LogP contribution in [0.2, 0.25) is 0 Å². The van der Waals surface area contributed by atoms with E-state index in [4.69, 9.17) is 9.90 Å². The van der Waals surface area contributed by atoms with E-state index in [1.807, 2.05) is 12.1 Å². The molecule has 2 N–H and O–H groups in total. The summed E-state index contributed by atoms with van der Waals surface area (Å²) < 4.78 is 52.3. The summed E-state index contributed by atoms with van der Waals surface area (Å²) in [7, 11) is 0. The first kappa shape index (κ1) is 27.2. The molecule has 36 heavy (non-hydrogen) atoms. The highest BCUT2D eigenvalue weighted by Gasteiger charge is 2.32. The van der Waals surface area contributed by atoms with Crippen molar-refractivity contribution in [3.63, 3.8) is 0 Å². The van der Waals surface area contributed by atoms with Crippen LogP contribution in [0.4, 0.5) is 28.9 Å². The molecule has 1 aliphatic carbocycles.